The lowest BCUT2D eigenvalue weighted by Gasteiger charge is -2.22. The van der Waals surface area contributed by atoms with Gasteiger partial charge >= 0.3 is 12.1 Å². The van der Waals surface area contributed by atoms with E-state index in [1.165, 1.54) is 0 Å². The maximum absolute atomic E-state index is 13.2. The van der Waals surface area contributed by atoms with Crippen LogP contribution in [-0.2, 0) is 22.1 Å². The van der Waals surface area contributed by atoms with Crippen molar-refractivity contribution in [2.45, 2.75) is 38.9 Å². The molecule has 1 amide bonds. The third-order valence-electron chi connectivity index (χ3n) is 5.77. The lowest BCUT2D eigenvalue weighted by Crippen LogP contribution is -2.39. The van der Waals surface area contributed by atoms with Crippen LogP contribution in [0.1, 0.15) is 41.8 Å². The highest BCUT2D eigenvalue weighted by Gasteiger charge is 2.34. The van der Waals surface area contributed by atoms with Crippen molar-refractivity contribution in [1.29, 1.82) is 0 Å². The minimum Gasteiger partial charge on any atom is -0.507 e. The number of nitrogens with one attached hydrogen (secondary N) is 1. The third-order valence-corrected chi connectivity index (χ3v) is 5.77. The fraction of sp³-hybridized carbons (Fsp3) is 0.286. The van der Waals surface area contributed by atoms with Crippen LogP contribution in [0.15, 0.2) is 72.8 Å². The second-order valence-corrected chi connectivity index (χ2v) is 8.56. The fourth-order valence-corrected chi connectivity index (χ4v) is 3.92. The van der Waals surface area contributed by atoms with Crippen molar-refractivity contribution in [2.24, 2.45) is 5.92 Å². The Morgan fingerprint density at radius 2 is 1.61 bits per heavy atom. The number of amides is 1. The van der Waals surface area contributed by atoms with Crippen molar-refractivity contribution in [1.82, 2.24) is 5.32 Å². The van der Waals surface area contributed by atoms with Crippen LogP contribution in [0, 0.1) is 5.92 Å². The summed E-state index contributed by atoms with van der Waals surface area (Å²) in [5, 5.41) is 12.3. The number of aromatic hydroxyl groups is 1. The Morgan fingerprint density at radius 3 is 2.22 bits per heavy atom. The van der Waals surface area contributed by atoms with Crippen molar-refractivity contribution in [3.8, 4) is 16.9 Å². The molecule has 1 unspecified atom stereocenters. The number of phenolic OH excluding ortho intramolecular Hbond substituents is 1. The molecule has 0 saturated carbocycles. The first kappa shape index (κ1) is 26.8. The number of benzene rings is 3. The summed E-state index contributed by atoms with van der Waals surface area (Å²) in [5.74, 6) is -2.64. The second kappa shape index (κ2) is 11.7. The molecule has 5 nitrogen and oxygen atoms in total. The van der Waals surface area contributed by atoms with Crippen LogP contribution in [0.3, 0.4) is 0 Å². The van der Waals surface area contributed by atoms with Crippen LogP contribution in [0.25, 0.3) is 11.1 Å². The van der Waals surface area contributed by atoms with Crippen LogP contribution >= 0.6 is 0 Å². The van der Waals surface area contributed by atoms with E-state index in [2.05, 4.69) is 5.32 Å². The standard InChI is InChI=1S/C28H28F3NO4/c1-3-36-27(35)18(2)15-23(16-19-9-11-21(12-10-19)20-7-5-4-6-8-20)32-26(34)22-13-14-25(33)24(17-22)28(29,30)31/h4-14,17-18,23,33H,3,15-16H2,1-2H3,(H,32,34)/t18-,23?/m1/s1. The first-order valence-corrected chi connectivity index (χ1v) is 11.6. The van der Waals surface area contributed by atoms with Gasteiger partial charge in [0.1, 0.15) is 5.75 Å². The average molecular weight is 500 g/mol. The molecule has 36 heavy (non-hydrogen) atoms. The van der Waals surface area contributed by atoms with Crippen LogP contribution < -0.4 is 5.32 Å². The summed E-state index contributed by atoms with van der Waals surface area (Å²) in [5.41, 5.74) is 1.43. The zero-order valence-electron chi connectivity index (χ0n) is 20.0. The van der Waals surface area contributed by atoms with E-state index in [0.29, 0.717) is 12.5 Å². The van der Waals surface area contributed by atoms with Crippen molar-refractivity contribution in [2.75, 3.05) is 6.61 Å². The van der Waals surface area contributed by atoms with Crippen molar-refractivity contribution in [3.05, 3.63) is 89.5 Å². The van der Waals surface area contributed by atoms with Gasteiger partial charge < -0.3 is 15.2 Å². The van der Waals surface area contributed by atoms with E-state index < -0.39 is 41.3 Å². The summed E-state index contributed by atoms with van der Waals surface area (Å²) < 4.78 is 44.6. The molecule has 190 valence electrons. The average Bonchev–Trinajstić information content (AvgIpc) is 2.84. The molecule has 3 rings (SSSR count). The molecule has 2 N–H and O–H groups in total. The zero-order valence-corrected chi connectivity index (χ0v) is 20.0. The monoisotopic (exact) mass is 499 g/mol. The minimum atomic E-state index is -4.81. The van der Waals surface area contributed by atoms with Crippen LogP contribution in [0.2, 0.25) is 0 Å². The van der Waals surface area contributed by atoms with Gasteiger partial charge in [0.05, 0.1) is 18.1 Å². The number of ether oxygens (including phenoxy) is 1. The van der Waals surface area contributed by atoms with E-state index >= 15 is 0 Å². The Kier molecular flexibility index (Phi) is 8.74. The second-order valence-electron chi connectivity index (χ2n) is 8.56. The largest absolute Gasteiger partial charge is 0.507 e. The van der Waals surface area contributed by atoms with Gasteiger partial charge in [0.25, 0.3) is 5.91 Å². The maximum Gasteiger partial charge on any atom is 0.419 e. The number of hydrogen-bond acceptors (Lipinski definition) is 4. The number of halogens is 3. The van der Waals surface area contributed by atoms with Gasteiger partial charge in [0.2, 0.25) is 0 Å². The first-order valence-electron chi connectivity index (χ1n) is 11.6. The first-order chi connectivity index (χ1) is 17.1. The molecule has 0 aliphatic carbocycles. The molecule has 0 bridgehead atoms. The summed E-state index contributed by atoms with van der Waals surface area (Å²) in [7, 11) is 0. The lowest BCUT2D eigenvalue weighted by molar-refractivity contribution is -0.147. The number of rotatable bonds is 9. The number of carbonyl (C=O) groups is 2. The SMILES string of the molecule is CCOC(=O)[C@H](C)CC(Cc1ccc(-c2ccccc2)cc1)NC(=O)c1ccc(O)c(C(F)(F)F)c1. The lowest BCUT2D eigenvalue weighted by atomic mass is 9.94. The summed E-state index contributed by atoms with van der Waals surface area (Å²) in [6.07, 6.45) is -4.22. The van der Waals surface area contributed by atoms with E-state index in [0.717, 1.165) is 28.8 Å². The topological polar surface area (TPSA) is 75.6 Å². The Morgan fingerprint density at radius 1 is 0.972 bits per heavy atom. The Balaban J connectivity index is 1.81. The number of hydrogen-bond donors (Lipinski definition) is 2. The van der Waals surface area contributed by atoms with Crippen molar-refractivity contribution >= 4 is 11.9 Å². The number of alkyl halides is 3. The number of carbonyl (C=O) groups excluding carboxylic acids is 2. The smallest absolute Gasteiger partial charge is 0.419 e. The van der Waals surface area contributed by atoms with Crippen LogP contribution in [-0.4, -0.2) is 29.6 Å². The molecule has 8 heteroatoms. The summed E-state index contributed by atoms with van der Waals surface area (Å²) in [6, 6.07) is 19.6. The molecule has 0 heterocycles. The highest BCUT2D eigenvalue weighted by atomic mass is 19.4. The molecule has 0 aliphatic heterocycles. The molecular weight excluding hydrogens is 471 g/mol. The molecule has 2 atom stereocenters. The number of esters is 1. The van der Waals surface area contributed by atoms with E-state index in [9.17, 15) is 27.9 Å². The van der Waals surface area contributed by atoms with Crippen molar-refractivity contribution in [3.63, 3.8) is 0 Å². The molecule has 0 aromatic heterocycles. The summed E-state index contributed by atoms with van der Waals surface area (Å²) in [6.45, 7) is 3.59. The molecule has 3 aromatic carbocycles. The minimum absolute atomic E-state index is 0.217. The van der Waals surface area contributed by atoms with Gasteiger partial charge in [-0.25, -0.2) is 0 Å². The van der Waals surface area contributed by atoms with Crippen LogP contribution in [0.4, 0.5) is 13.2 Å². The maximum atomic E-state index is 13.2. The van der Waals surface area contributed by atoms with E-state index in [1.807, 2.05) is 54.6 Å². The Hall–Kier alpha value is -3.81. The summed E-state index contributed by atoms with van der Waals surface area (Å²) in [4.78, 5) is 25.1. The summed E-state index contributed by atoms with van der Waals surface area (Å²) >= 11 is 0. The third kappa shape index (κ3) is 7.10. The molecular formula is C28H28F3NO4. The van der Waals surface area contributed by atoms with Gasteiger partial charge in [0, 0.05) is 11.6 Å². The van der Waals surface area contributed by atoms with Gasteiger partial charge in [-0.2, -0.15) is 13.2 Å². The number of phenols is 1. The van der Waals surface area contributed by atoms with Crippen molar-refractivity contribution < 1.29 is 32.6 Å². The molecule has 0 saturated heterocycles. The highest BCUT2D eigenvalue weighted by Crippen LogP contribution is 2.36. The normalized spacial score (nSPS) is 13.0. The fourth-order valence-electron chi connectivity index (χ4n) is 3.92. The van der Waals surface area contributed by atoms with Crippen LogP contribution in [0.5, 0.6) is 5.75 Å². The molecule has 0 spiro atoms. The quantitative estimate of drug-likeness (QED) is 0.354. The van der Waals surface area contributed by atoms with E-state index in [4.69, 9.17) is 4.74 Å². The Bertz CT molecular complexity index is 1180. The zero-order chi connectivity index (χ0) is 26.3. The van der Waals surface area contributed by atoms with E-state index in [1.54, 1.807) is 13.8 Å². The molecule has 0 fully saturated rings. The van der Waals surface area contributed by atoms with Gasteiger partial charge in [-0.15, -0.1) is 0 Å². The molecule has 3 aromatic rings. The van der Waals surface area contributed by atoms with Gasteiger partial charge in [0.15, 0.2) is 0 Å². The predicted octanol–water partition coefficient (Wildman–Crippen LogP) is 6.01. The highest BCUT2D eigenvalue weighted by molar-refractivity contribution is 5.95. The van der Waals surface area contributed by atoms with Gasteiger partial charge in [-0.3, -0.25) is 9.59 Å². The van der Waals surface area contributed by atoms with E-state index in [-0.39, 0.29) is 18.6 Å². The predicted molar refractivity (Wildman–Crippen MR) is 130 cm³/mol. The van der Waals surface area contributed by atoms with Gasteiger partial charge in [-0.1, -0.05) is 61.5 Å². The van der Waals surface area contributed by atoms with Gasteiger partial charge in [-0.05, 0) is 54.7 Å². The Labute approximate surface area is 207 Å². The molecule has 0 radical (unpaired) electrons. The molecule has 0 aliphatic rings.